The second-order valence-electron chi connectivity index (χ2n) is 4.36. The molecule has 0 saturated heterocycles. The summed E-state index contributed by atoms with van der Waals surface area (Å²) in [5.41, 5.74) is 1.81. The molecule has 1 rings (SSSR count). The molecule has 2 nitrogen and oxygen atoms in total. The highest BCUT2D eigenvalue weighted by Gasteiger charge is 2.19. The smallest absolute Gasteiger partial charge is 0.160 e. The van der Waals surface area contributed by atoms with Gasteiger partial charge in [-0.2, -0.15) is 0 Å². The number of hydrogen-bond acceptors (Lipinski definition) is 2. The van der Waals surface area contributed by atoms with Crippen molar-refractivity contribution in [3.63, 3.8) is 0 Å². The SMILES string of the molecule is Cc1c(C(C)(C)C)ccc(O)c1O. The van der Waals surface area contributed by atoms with Gasteiger partial charge in [-0.25, -0.2) is 0 Å². The maximum absolute atomic E-state index is 9.50. The highest BCUT2D eigenvalue weighted by atomic mass is 16.3. The summed E-state index contributed by atoms with van der Waals surface area (Å²) in [5, 5.41) is 18.7. The zero-order chi connectivity index (χ0) is 10.2. The van der Waals surface area contributed by atoms with Crippen molar-refractivity contribution in [1.82, 2.24) is 0 Å². The molecule has 1 aromatic carbocycles. The third-order valence-corrected chi connectivity index (χ3v) is 2.22. The standard InChI is InChI=1S/C11H16O2/c1-7-8(11(2,3)4)5-6-9(12)10(7)13/h5-6,12-13H,1-4H3. The largest absolute Gasteiger partial charge is 0.504 e. The van der Waals surface area contributed by atoms with Crippen LogP contribution in [0.5, 0.6) is 11.5 Å². The van der Waals surface area contributed by atoms with E-state index in [4.69, 9.17) is 0 Å². The molecule has 0 bridgehead atoms. The summed E-state index contributed by atoms with van der Waals surface area (Å²) < 4.78 is 0. The van der Waals surface area contributed by atoms with Gasteiger partial charge in [-0.1, -0.05) is 26.8 Å². The minimum Gasteiger partial charge on any atom is -0.504 e. The van der Waals surface area contributed by atoms with Gasteiger partial charge in [-0.15, -0.1) is 0 Å². The van der Waals surface area contributed by atoms with E-state index in [1.807, 2.05) is 13.0 Å². The highest BCUT2D eigenvalue weighted by molar-refractivity contribution is 5.50. The highest BCUT2D eigenvalue weighted by Crippen LogP contribution is 2.35. The number of aromatic hydroxyl groups is 2. The molecule has 0 fully saturated rings. The van der Waals surface area contributed by atoms with E-state index in [0.29, 0.717) is 0 Å². The van der Waals surface area contributed by atoms with E-state index in [1.165, 1.54) is 6.07 Å². The van der Waals surface area contributed by atoms with Gasteiger partial charge in [0.2, 0.25) is 0 Å². The molecule has 0 heterocycles. The fraction of sp³-hybridized carbons (Fsp3) is 0.455. The maximum Gasteiger partial charge on any atom is 0.160 e. The van der Waals surface area contributed by atoms with E-state index in [2.05, 4.69) is 20.8 Å². The van der Waals surface area contributed by atoms with Crippen LogP contribution in [0, 0.1) is 6.92 Å². The molecule has 0 atom stereocenters. The van der Waals surface area contributed by atoms with E-state index in [9.17, 15) is 10.2 Å². The second-order valence-corrected chi connectivity index (χ2v) is 4.36. The maximum atomic E-state index is 9.50. The van der Waals surface area contributed by atoms with E-state index in [-0.39, 0.29) is 16.9 Å². The lowest BCUT2D eigenvalue weighted by atomic mass is 9.84. The molecule has 0 aliphatic carbocycles. The predicted molar refractivity (Wildman–Crippen MR) is 53.2 cm³/mol. The van der Waals surface area contributed by atoms with Crippen molar-refractivity contribution in [2.45, 2.75) is 33.1 Å². The Balaban J connectivity index is 3.35. The van der Waals surface area contributed by atoms with Crippen LogP contribution in [0.4, 0.5) is 0 Å². The summed E-state index contributed by atoms with van der Waals surface area (Å²) in [4.78, 5) is 0. The first-order valence-electron chi connectivity index (χ1n) is 4.36. The number of phenols is 2. The molecule has 0 aliphatic heterocycles. The zero-order valence-corrected chi connectivity index (χ0v) is 8.55. The van der Waals surface area contributed by atoms with Crippen LogP contribution in [0.25, 0.3) is 0 Å². The molecular weight excluding hydrogens is 164 g/mol. The summed E-state index contributed by atoms with van der Waals surface area (Å²) in [6.07, 6.45) is 0. The molecule has 2 heteroatoms. The third-order valence-electron chi connectivity index (χ3n) is 2.22. The van der Waals surface area contributed by atoms with Gasteiger partial charge in [-0.05, 0) is 29.5 Å². The normalized spacial score (nSPS) is 11.7. The van der Waals surface area contributed by atoms with Gasteiger partial charge in [0, 0.05) is 0 Å². The summed E-state index contributed by atoms with van der Waals surface area (Å²) in [6, 6.07) is 3.38. The quantitative estimate of drug-likeness (QED) is 0.603. The first-order chi connectivity index (χ1) is 5.84. The summed E-state index contributed by atoms with van der Waals surface area (Å²) in [5.74, 6) is -0.0575. The van der Waals surface area contributed by atoms with Crippen molar-refractivity contribution in [2.75, 3.05) is 0 Å². The monoisotopic (exact) mass is 180 g/mol. The van der Waals surface area contributed by atoms with Crippen LogP contribution < -0.4 is 0 Å². The Kier molecular flexibility index (Phi) is 2.24. The Labute approximate surface area is 78.8 Å². The first kappa shape index (κ1) is 9.90. The number of phenolic OH excluding ortho intramolecular Hbond substituents is 2. The van der Waals surface area contributed by atoms with Gasteiger partial charge in [0.25, 0.3) is 0 Å². The summed E-state index contributed by atoms with van der Waals surface area (Å²) in [6.45, 7) is 8.04. The Morgan fingerprint density at radius 1 is 1.08 bits per heavy atom. The predicted octanol–water partition coefficient (Wildman–Crippen LogP) is 2.70. The number of hydrogen-bond donors (Lipinski definition) is 2. The van der Waals surface area contributed by atoms with Crippen molar-refractivity contribution in [3.8, 4) is 11.5 Å². The van der Waals surface area contributed by atoms with Crippen LogP contribution in [-0.4, -0.2) is 10.2 Å². The Morgan fingerprint density at radius 2 is 1.62 bits per heavy atom. The lowest BCUT2D eigenvalue weighted by Crippen LogP contribution is -2.12. The minimum absolute atomic E-state index is 0.00470. The van der Waals surface area contributed by atoms with Crippen LogP contribution in [0.1, 0.15) is 31.9 Å². The molecule has 72 valence electrons. The Hall–Kier alpha value is -1.18. The van der Waals surface area contributed by atoms with Crippen LogP contribution in [-0.2, 0) is 5.41 Å². The average Bonchev–Trinajstić information content (AvgIpc) is 1.98. The number of rotatable bonds is 0. The van der Waals surface area contributed by atoms with Crippen molar-refractivity contribution < 1.29 is 10.2 Å². The summed E-state index contributed by atoms with van der Waals surface area (Å²) >= 11 is 0. The molecule has 13 heavy (non-hydrogen) atoms. The van der Waals surface area contributed by atoms with Crippen LogP contribution in [0.3, 0.4) is 0 Å². The van der Waals surface area contributed by atoms with Gasteiger partial charge in [0.1, 0.15) is 0 Å². The average molecular weight is 180 g/mol. The third kappa shape index (κ3) is 1.77. The molecule has 0 saturated carbocycles. The molecular formula is C11H16O2. The fourth-order valence-electron chi connectivity index (χ4n) is 1.50. The lowest BCUT2D eigenvalue weighted by Gasteiger charge is -2.22. The molecule has 0 unspecified atom stereocenters. The second kappa shape index (κ2) is 2.95. The molecule has 0 aromatic heterocycles. The van der Waals surface area contributed by atoms with Gasteiger partial charge in [0.05, 0.1) is 0 Å². The van der Waals surface area contributed by atoms with Gasteiger partial charge in [0.15, 0.2) is 11.5 Å². The fourth-order valence-corrected chi connectivity index (χ4v) is 1.50. The van der Waals surface area contributed by atoms with Crippen LogP contribution in [0.15, 0.2) is 12.1 Å². The van der Waals surface area contributed by atoms with Crippen LogP contribution in [0.2, 0.25) is 0 Å². The lowest BCUT2D eigenvalue weighted by molar-refractivity contribution is 0.398. The first-order valence-corrected chi connectivity index (χ1v) is 4.36. The Morgan fingerprint density at radius 3 is 2.08 bits per heavy atom. The molecule has 0 amide bonds. The van der Waals surface area contributed by atoms with Crippen molar-refractivity contribution >= 4 is 0 Å². The van der Waals surface area contributed by atoms with E-state index in [0.717, 1.165) is 11.1 Å². The molecule has 0 radical (unpaired) electrons. The van der Waals surface area contributed by atoms with Gasteiger partial charge in [-0.3, -0.25) is 0 Å². The summed E-state index contributed by atoms with van der Waals surface area (Å²) in [7, 11) is 0. The topological polar surface area (TPSA) is 40.5 Å². The minimum atomic E-state index is -0.0505. The molecule has 0 spiro atoms. The molecule has 0 aliphatic rings. The van der Waals surface area contributed by atoms with Crippen molar-refractivity contribution in [1.29, 1.82) is 0 Å². The van der Waals surface area contributed by atoms with E-state index < -0.39 is 0 Å². The van der Waals surface area contributed by atoms with Gasteiger partial charge < -0.3 is 10.2 Å². The Bertz CT molecular complexity index is 322. The molecule has 1 aromatic rings. The number of benzene rings is 1. The van der Waals surface area contributed by atoms with Crippen molar-refractivity contribution in [2.24, 2.45) is 0 Å². The zero-order valence-electron chi connectivity index (χ0n) is 8.55. The van der Waals surface area contributed by atoms with E-state index in [1.54, 1.807) is 0 Å². The van der Waals surface area contributed by atoms with Crippen molar-refractivity contribution in [3.05, 3.63) is 23.3 Å². The van der Waals surface area contributed by atoms with E-state index >= 15 is 0 Å². The molecule has 2 N–H and O–H groups in total. The van der Waals surface area contributed by atoms with Gasteiger partial charge >= 0.3 is 0 Å². The van der Waals surface area contributed by atoms with Crippen LogP contribution >= 0.6 is 0 Å².